The number of nitrogens with zero attached hydrogens (tertiary/aromatic N) is 2. The van der Waals surface area contributed by atoms with E-state index in [4.69, 9.17) is 0 Å². The molecule has 0 aliphatic rings. The van der Waals surface area contributed by atoms with E-state index in [1.807, 2.05) is 44.4 Å². The minimum absolute atomic E-state index is 0.0727. The molecule has 0 fully saturated rings. The Hall–Kier alpha value is -1.37. The first-order valence-electron chi connectivity index (χ1n) is 7.37. The van der Waals surface area contributed by atoms with Crippen LogP contribution in [0.25, 0.3) is 0 Å². The van der Waals surface area contributed by atoms with E-state index in [0.717, 1.165) is 27.4 Å². The van der Waals surface area contributed by atoms with Crippen molar-refractivity contribution in [1.82, 2.24) is 15.2 Å². The zero-order valence-corrected chi connectivity index (χ0v) is 15.7. The molecule has 2 rings (SSSR count). The Kier molecular flexibility index (Phi) is 7.08. The largest absolute Gasteiger partial charge is 0.352 e. The number of benzene rings is 1. The molecule has 122 valence electrons. The first-order chi connectivity index (χ1) is 11.1. The highest BCUT2D eigenvalue weighted by molar-refractivity contribution is 9.10. The van der Waals surface area contributed by atoms with Gasteiger partial charge in [-0.05, 0) is 63.5 Å². The molecular formula is C17H20BrN3OS. The molecule has 4 nitrogen and oxygen atoms in total. The Balaban J connectivity index is 2.01. The first kappa shape index (κ1) is 18.0. The highest BCUT2D eigenvalue weighted by atomic mass is 79.9. The van der Waals surface area contributed by atoms with E-state index >= 15 is 0 Å². The third-order valence-electron chi connectivity index (χ3n) is 3.11. The molecule has 0 saturated heterocycles. The highest BCUT2D eigenvalue weighted by Crippen LogP contribution is 2.29. The summed E-state index contributed by atoms with van der Waals surface area (Å²) in [4.78, 5) is 19.9. The lowest BCUT2D eigenvalue weighted by Gasteiger charge is -2.11. The van der Waals surface area contributed by atoms with Gasteiger partial charge in [0.25, 0.3) is 5.91 Å². The van der Waals surface area contributed by atoms with Crippen molar-refractivity contribution < 1.29 is 4.79 Å². The van der Waals surface area contributed by atoms with Crippen LogP contribution in [0.5, 0.6) is 0 Å². The summed E-state index contributed by atoms with van der Waals surface area (Å²) in [7, 11) is 4.05. The second-order valence-electron chi connectivity index (χ2n) is 5.32. The number of carbonyl (C=O) groups excluding carboxylic acids is 1. The van der Waals surface area contributed by atoms with Gasteiger partial charge in [-0.25, -0.2) is 4.98 Å². The molecule has 1 aromatic heterocycles. The molecule has 0 aliphatic heterocycles. The van der Waals surface area contributed by atoms with Crippen molar-refractivity contribution in [2.45, 2.75) is 16.3 Å². The second-order valence-corrected chi connectivity index (χ2v) is 7.30. The summed E-state index contributed by atoms with van der Waals surface area (Å²) in [5.74, 6) is -0.0727. The van der Waals surface area contributed by atoms with Gasteiger partial charge in [0.2, 0.25) is 0 Å². The summed E-state index contributed by atoms with van der Waals surface area (Å²) in [5, 5.41) is 3.69. The van der Waals surface area contributed by atoms with E-state index in [1.54, 1.807) is 12.3 Å². The van der Waals surface area contributed by atoms with Crippen molar-refractivity contribution in [3.8, 4) is 0 Å². The number of amides is 1. The van der Waals surface area contributed by atoms with Crippen LogP contribution in [-0.2, 0) is 0 Å². The van der Waals surface area contributed by atoms with Crippen LogP contribution in [0.3, 0.4) is 0 Å². The van der Waals surface area contributed by atoms with E-state index in [-0.39, 0.29) is 5.91 Å². The lowest BCUT2D eigenvalue weighted by Crippen LogP contribution is -2.27. The van der Waals surface area contributed by atoms with Crippen molar-refractivity contribution in [1.29, 1.82) is 0 Å². The molecule has 6 heteroatoms. The number of nitrogens with one attached hydrogen (secondary N) is 1. The predicted molar refractivity (Wildman–Crippen MR) is 98.0 cm³/mol. The summed E-state index contributed by atoms with van der Waals surface area (Å²) >= 11 is 4.92. The summed E-state index contributed by atoms with van der Waals surface area (Å²) in [6, 6.07) is 11.6. The SMILES string of the molecule is CN(C)CCCNC(=O)c1cccnc1Sc1ccc(Br)cc1. The van der Waals surface area contributed by atoms with E-state index in [1.165, 1.54) is 11.8 Å². The molecule has 1 heterocycles. The van der Waals surface area contributed by atoms with Crippen LogP contribution >= 0.6 is 27.7 Å². The molecule has 0 bridgehead atoms. The number of hydrogen-bond acceptors (Lipinski definition) is 4. The van der Waals surface area contributed by atoms with Gasteiger partial charge in [0.05, 0.1) is 5.56 Å². The Morgan fingerprint density at radius 1 is 1.26 bits per heavy atom. The molecule has 2 aromatic rings. The van der Waals surface area contributed by atoms with Crippen LogP contribution in [0.15, 0.2) is 57.0 Å². The fraction of sp³-hybridized carbons (Fsp3) is 0.294. The summed E-state index contributed by atoms with van der Waals surface area (Å²) in [6.45, 7) is 1.61. The molecule has 1 amide bonds. The molecule has 1 N–H and O–H groups in total. The van der Waals surface area contributed by atoms with E-state index in [0.29, 0.717) is 12.1 Å². The summed E-state index contributed by atoms with van der Waals surface area (Å²) in [6.07, 6.45) is 2.64. The monoisotopic (exact) mass is 393 g/mol. The van der Waals surface area contributed by atoms with Crippen molar-refractivity contribution in [3.63, 3.8) is 0 Å². The molecule has 0 radical (unpaired) electrons. The third-order valence-corrected chi connectivity index (χ3v) is 4.67. The normalized spacial score (nSPS) is 10.8. The molecule has 0 unspecified atom stereocenters. The lowest BCUT2D eigenvalue weighted by atomic mass is 10.2. The minimum atomic E-state index is -0.0727. The Morgan fingerprint density at radius 3 is 2.70 bits per heavy atom. The number of rotatable bonds is 7. The zero-order valence-electron chi connectivity index (χ0n) is 13.3. The van der Waals surface area contributed by atoms with Crippen molar-refractivity contribution in [3.05, 3.63) is 52.6 Å². The Morgan fingerprint density at radius 2 is 2.00 bits per heavy atom. The van der Waals surface area contributed by atoms with Crippen molar-refractivity contribution in [2.75, 3.05) is 27.2 Å². The van der Waals surface area contributed by atoms with Gasteiger partial charge in [-0.15, -0.1) is 0 Å². The fourth-order valence-corrected chi connectivity index (χ4v) is 3.10. The van der Waals surface area contributed by atoms with Gasteiger partial charge in [-0.2, -0.15) is 0 Å². The van der Waals surface area contributed by atoms with Gasteiger partial charge in [0.1, 0.15) is 5.03 Å². The molecule has 23 heavy (non-hydrogen) atoms. The minimum Gasteiger partial charge on any atom is -0.352 e. The second kappa shape index (κ2) is 9.05. The van der Waals surface area contributed by atoms with E-state index in [9.17, 15) is 4.79 Å². The maximum atomic E-state index is 12.4. The summed E-state index contributed by atoms with van der Waals surface area (Å²) < 4.78 is 1.03. The predicted octanol–water partition coefficient (Wildman–Crippen LogP) is 3.68. The van der Waals surface area contributed by atoms with Crippen LogP contribution in [0, 0.1) is 0 Å². The van der Waals surface area contributed by atoms with E-state index in [2.05, 4.69) is 31.1 Å². The van der Waals surface area contributed by atoms with Gasteiger partial charge in [-0.3, -0.25) is 4.79 Å². The molecule has 0 spiro atoms. The highest BCUT2D eigenvalue weighted by Gasteiger charge is 2.13. The quantitative estimate of drug-likeness (QED) is 0.728. The van der Waals surface area contributed by atoms with E-state index < -0.39 is 0 Å². The molecule has 0 saturated carbocycles. The number of pyridine rings is 1. The maximum Gasteiger partial charge on any atom is 0.254 e. The number of aromatic nitrogens is 1. The lowest BCUT2D eigenvalue weighted by molar-refractivity contribution is 0.0948. The van der Waals surface area contributed by atoms with Crippen LogP contribution in [0.4, 0.5) is 0 Å². The number of carbonyl (C=O) groups is 1. The smallest absolute Gasteiger partial charge is 0.254 e. The van der Waals surface area contributed by atoms with Crippen LogP contribution in [0.2, 0.25) is 0 Å². The van der Waals surface area contributed by atoms with Crippen molar-refractivity contribution in [2.24, 2.45) is 0 Å². The van der Waals surface area contributed by atoms with Gasteiger partial charge < -0.3 is 10.2 Å². The molecular weight excluding hydrogens is 374 g/mol. The first-order valence-corrected chi connectivity index (χ1v) is 8.98. The van der Waals surface area contributed by atoms with Gasteiger partial charge in [0.15, 0.2) is 0 Å². The topological polar surface area (TPSA) is 45.2 Å². The molecule has 0 aliphatic carbocycles. The average molecular weight is 394 g/mol. The Bertz CT molecular complexity index is 647. The molecule has 0 atom stereocenters. The molecule has 1 aromatic carbocycles. The fourth-order valence-electron chi connectivity index (χ4n) is 1.95. The van der Waals surface area contributed by atoms with Gasteiger partial charge >= 0.3 is 0 Å². The number of hydrogen-bond donors (Lipinski definition) is 1. The van der Waals surface area contributed by atoms with Gasteiger partial charge in [0, 0.05) is 22.1 Å². The third kappa shape index (κ3) is 5.97. The standard InChI is InChI=1S/C17H20BrN3OS/c1-21(2)12-4-11-19-16(22)15-5-3-10-20-17(15)23-14-8-6-13(18)7-9-14/h3,5-10H,4,11-12H2,1-2H3,(H,19,22). The zero-order chi connectivity index (χ0) is 16.7. The number of halogens is 1. The summed E-state index contributed by atoms with van der Waals surface area (Å²) in [5.41, 5.74) is 0.616. The maximum absolute atomic E-state index is 12.4. The van der Waals surface area contributed by atoms with Crippen molar-refractivity contribution >= 4 is 33.6 Å². The van der Waals surface area contributed by atoms with Crippen LogP contribution in [0.1, 0.15) is 16.8 Å². The average Bonchev–Trinajstić information content (AvgIpc) is 2.54. The van der Waals surface area contributed by atoms with Crippen LogP contribution in [-0.4, -0.2) is 43.0 Å². The van der Waals surface area contributed by atoms with Crippen LogP contribution < -0.4 is 5.32 Å². The van der Waals surface area contributed by atoms with Gasteiger partial charge in [-0.1, -0.05) is 27.7 Å². The Labute approximate surface area is 149 Å².